The highest BCUT2D eigenvalue weighted by Crippen LogP contribution is 2.52. The Labute approximate surface area is 352 Å². The molecule has 11 rings (SSSR count). The van der Waals surface area contributed by atoms with Crippen molar-refractivity contribution in [3.05, 3.63) is 236 Å². The molecule has 0 saturated carbocycles. The highest BCUT2D eigenvalue weighted by atomic mass is 15.1. The number of nitrogens with zero attached hydrogens (tertiary/aromatic N) is 1. The van der Waals surface area contributed by atoms with Crippen molar-refractivity contribution in [3.63, 3.8) is 0 Å². The van der Waals surface area contributed by atoms with E-state index in [2.05, 4.69) is 243 Å². The van der Waals surface area contributed by atoms with E-state index in [1.165, 1.54) is 88.3 Å². The van der Waals surface area contributed by atoms with Gasteiger partial charge in [-0.15, -0.1) is 0 Å². The summed E-state index contributed by atoms with van der Waals surface area (Å²) in [6.45, 7) is 4.73. The molecule has 10 aromatic carbocycles. The maximum Gasteiger partial charge on any atom is 0.0540 e. The molecule has 1 aliphatic carbocycles. The lowest BCUT2D eigenvalue weighted by Crippen LogP contribution is -2.17. The van der Waals surface area contributed by atoms with Gasteiger partial charge in [-0.3, -0.25) is 0 Å². The van der Waals surface area contributed by atoms with Crippen LogP contribution in [0.25, 0.3) is 77.2 Å². The smallest absolute Gasteiger partial charge is 0.0540 e. The van der Waals surface area contributed by atoms with Crippen molar-refractivity contribution in [1.82, 2.24) is 0 Å². The highest BCUT2D eigenvalue weighted by Gasteiger charge is 2.36. The van der Waals surface area contributed by atoms with Crippen LogP contribution in [0.4, 0.5) is 17.1 Å². The van der Waals surface area contributed by atoms with E-state index >= 15 is 0 Å². The Hall–Kier alpha value is -7.48. The molecule has 0 amide bonds. The van der Waals surface area contributed by atoms with E-state index in [1.54, 1.807) is 0 Å². The van der Waals surface area contributed by atoms with Crippen LogP contribution in [0, 0.1) is 0 Å². The molecular weight excluding hydrogens is 723 g/mol. The quantitative estimate of drug-likeness (QED) is 0.146. The van der Waals surface area contributed by atoms with Crippen molar-refractivity contribution in [3.8, 4) is 55.6 Å². The third-order valence-electron chi connectivity index (χ3n) is 12.7. The Morgan fingerprint density at radius 2 is 0.800 bits per heavy atom. The molecule has 0 N–H and O–H groups in total. The third-order valence-corrected chi connectivity index (χ3v) is 12.7. The van der Waals surface area contributed by atoms with Crippen molar-refractivity contribution >= 4 is 38.6 Å². The van der Waals surface area contributed by atoms with Crippen LogP contribution >= 0.6 is 0 Å². The van der Waals surface area contributed by atoms with Gasteiger partial charge >= 0.3 is 0 Å². The summed E-state index contributed by atoms with van der Waals surface area (Å²) in [6.07, 6.45) is 0. The molecule has 0 atom stereocenters. The van der Waals surface area contributed by atoms with Gasteiger partial charge in [0.1, 0.15) is 0 Å². The second kappa shape index (κ2) is 14.4. The molecule has 0 saturated heterocycles. The molecule has 284 valence electrons. The monoisotopic (exact) mass is 765 g/mol. The minimum absolute atomic E-state index is 0.137. The molecule has 0 fully saturated rings. The first kappa shape index (κ1) is 35.7. The summed E-state index contributed by atoms with van der Waals surface area (Å²) in [5.41, 5.74) is 18.2. The summed E-state index contributed by atoms with van der Waals surface area (Å²) in [6, 6.07) is 82.4. The first-order chi connectivity index (χ1) is 29.5. The minimum atomic E-state index is -0.137. The second-order valence-corrected chi connectivity index (χ2v) is 16.4. The molecule has 1 nitrogen and oxygen atoms in total. The van der Waals surface area contributed by atoms with Crippen molar-refractivity contribution in [2.24, 2.45) is 0 Å². The SMILES string of the molecule is CC1(C)c2ccccc2-c2ccc(N(c3ccc(-c4cc5ccccc5c5ccccc45)cc3)c3ccccc3-c3ccccc3-c3ccccc3-c3ccccc3)cc21. The number of hydrogen-bond acceptors (Lipinski definition) is 1. The average Bonchev–Trinajstić information content (AvgIpc) is 3.54. The third kappa shape index (κ3) is 5.85. The van der Waals surface area contributed by atoms with Crippen LogP contribution in [-0.4, -0.2) is 0 Å². The number of fused-ring (bicyclic) bond motifs is 6. The molecular formula is C59H43N. The maximum atomic E-state index is 2.47. The second-order valence-electron chi connectivity index (χ2n) is 16.4. The Bertz CT molecular complexity index is 3230. The predicted octanol–water partition coefficient (Wildman–Crippen LogP) is 16.4. The van der Waals surface area contributed by atoms with Crippen molar-refractivity contribution in [1.29, 1.82) is 0 Å². The van der Waals surface area contributed by atoms with Crippen LogP contribution in [0.5, 0.6) is 0 Å². The summed E-state index contributed by atoms with van der Waals surface area (Å²) in [5.74, 6) is 0. The minimum Gasteiger partial charge on any atom is -0.310 e. The summed E-state index contributed by atoms with van der Waals surface area (Å²) in [7, 11) is 0. The van der Waals surface area contributed by atoms with E-state index in [1.807, 2.05) is 0 Å². The normalized spacial score (nSPS) is 12.6. The topological polar surface area (TPSA) is 3.24 Å². The van der Waals surface area contributed by atoms with Gasteiger partial charge in [-0.05, 0) is 119 Å². The Morgan fingerprint density at radius 1 is 0.300 bits per heavy atom. The summed E-state index contributed by atoms with van der Waals surface area (Å²) in [5, 5.41) is 5.07. The van der Waals surface area contributed by atoms with Crippen LogP contribution in [0.1, 0.15) is 25.0 Å². The van der Waals surface area contributed by atoms with Crippen LogP contribution in [0.2, 0.25) is 0 Å². The van der Waals surface area contributed by atoms with E-state index in [4.69, 9.17) is 0 Å². The Kier molecular flexibility index (Phi) is 8.57. The molecule has 0 aliphatic heterocycles. The fourth-order valence-corrected chi connectivity index (χ4v) is 9.78. The van der Waals surface area contributed by atoms with Gasteiger partial charge in [0.05, 0.1) is 5.69 Å². The van der Waals surface area contributed by atoms with Gasteiger partial charge in [0.15, 0.2) is 0 Å². The van der Waals surface area contributed by atoms with E-state index in [-0.39, 0.29) is 5.41 Å². The van der Waals surface area contributed by atoms with Gasteiger partial charge in [-0.1, -0.05) is 202 Å². The number of benzene rings is 10. The maximum absolute atomic E-state index is 2.47. The molecule has 10 aromatic rings. The van der Waals surface area contributed by atoms with Gasteiger partial charge < -0.3 is 4.90 Å². The zero-order chi connectivity index (χ0) is 40.2. The van der Waals surface area contributed by atoms with Gasteiger partial charge in [0.2, 0.25) is 0 Å². The Balaban J connectivity index is 1.10. The van der Waals surface area contributed by atoms with Crippen LogP contribution in [-0.2, 0) is 5.41 Å². The molecule has 0 spiro atoms. The van der Waals surface area contributed by atoms with Crippen molar-refractivity contribution < 1.29 is 0 Å². The Morgan fingerprint density at radius 3 is 1.55 bits per heavy atom. The molecule has 1 aliphatic rings. The highest BCUT2D eigenvalue weighted by molar-refractivity contribution is 6.14. The molecule has 1 heteroatoms. The molecule has 0 unspecified atom stereocenters. The molecule has 0 heterocycles. The van der Waals surface area contributed by atoms with Crippen LogP contribution in [0.3, 0.4) is 0 Å². The van der Waals surface area contributed by atoms with Crippen molar-refractivity contribution in [2.45, 2.75) is 19.3 Å². The molecule has 0 radical (unpaired) electrons. The van der Waals surface area contributed by atoms with E-state index < -0.39 is 0 Å². The zero-order valence-corrected chi connectivity index (χ0v) is 33.8. The molecule has 0 aromatic heterocycles. The lowest BCUT2D eigenvalue weighted by atomic mass is 9.82. The number of hydrogen-bond donors (Lipinski definition) is 0. The lowest BCUT2D eigenvalue weighted by molar-refractivity contribution is 0.660. The standard InChI is InChI=1S/C59H43N/c1-59(2)56-30-16-14-28-52(56)53-37-36-44(39-57(53)59)60(43-34-32-41(33-35-43)55-38-42-20-6-7-22-46(42)48-24-10-13-27-51(48)55)58-31-17-15-29-54(58)50-26-12-11-25-49(50)47-23-9-8-21-45(47)40-18-4-3-5-19-40/h3-39H,1-2H3. The lowest BCUT2D eigenvalue weighted by Gasteiger charge is -2.30. The van der Waals surface area contributed by atoms with Gasteiger partial charge in [-0.25, -0.2) is 0 Å². The average molecular weight is 766 g/mol. The fraction of sp³-hybridized carbons (Fsp3) is 0.0508. The predicted molar refractivity (Wildman–Crippen MR) is 255 cm³/mol. The van der Waals surface area contributed by atoms with E-state index in [0.29, 0.717) is 0 Å². The fourth-order valence-electron chi connectivity index (χ4n) is 9.78. The largest absolute Gasteiger partial charge is 0.310 e. The summed E-state index contributed by atoms with van der Waals surface area (Å²) in [4.78, 5) is 2.47. The molecule has 0 bridgehead atoms. The van der Waals surface area contributed by atoms with E-state index in [0.717, 1.165) is 17.1 Å². The molecule has 60 heavy (non-hydrogen) atoms. The zero-order valence-electron chi connectivity index (χ0n) is 33.8. The number of anilines is 3. The number of para-hydroxylation sites is 1. The van der Waals surface area contributed by atoms with E-state index in [9.17, 15) is 0 Å². The van der Waals surface area contributed by atoms with Gasteiger partial charge in [-0.2, -0.15) is 0 Å². The van der Waals surface area contributed by atoms with Crippen LogP contribution < -0.4 is 4.90 Å². The van der Waals surface area contributed by atoms with Gasteiger partial charge in [0, 0.05) is 22.4 Å². The number of rotatable bonds is 7. The summed E-state index contributed by atoms with van der Waals surface area (Å²) >= 11 is 0. The summed E-state index contributed by atoms with van der Waals surface area (Å²) < 4.78 is 0. The first-order valence-corrected chi connectivity index (χ1v) is 20.9. The van der Waals surface area contributed by atoms with Crippen molar-refractivity contribution in [2.75, 3.05) is 4.90 Å². The van der Waals surface area contributed by atoms with Gasteiger partial charge in [0.25, 0.3) is 0 Å². The van der Waals surface area contributed by atoms with Crippen LogP contribution in [0.15, 0.2) is 224 Å². The first-order valence-electron chi connectivity index (χ1n) is 20.9.